The van der Waals surface area contributed by atoms with Crippen molar-refractivity contribution in [3.05, 3.63) is 102 Å². The Kier molecular flexibility index (Phi) is 7.17. The first-order valence-corrected chi connectivity index (χ1v) is 11.3. The van der Waals surface area contributed by atoms with Gasteiger partial charge in [-0.05, 0) is 42.3 Å². The predicted molar refractivity (Wildman–Crippen MR) is 131 cm³/mol. The summed E-state index contributed by atoms with van der Waals surface area (Å²) in [6.07, 6.45) is 0. The van der Waals surface area contributed by atoms with Gasteiger partial charge in [0, 0.05) is 37.4 Å². The van der Waals surface area contributed by atoms with Crippen LogP contribution in [0.3, 0.4) is 0 Å². The molecule has 1 heterocycles. The van der Waals surface area contributed by atoms with Gasteiger partial charge in [0.25, 0.3) is 0 Å². The predicted octanol–water partition coefficient (Wildman–Crippen LogP) is 3.52. The minimum atomic E-state index is -0.483. The molecule has 170 valence electrons. The van der Waals surface area contributed by atoms with Crippen molar-refractivity contribution < 1.29 is 9.59 Å². The summed E-state index contributed by atoms with van der Waals surface area (Å²) in [6.45, 7) is 5.31. The van der Waals surface area contributed by atoms with Crippen molar-refractivity contribution in [1.82, 2.24) is 9.80 Å². The van der Waals surface area contributed by atoms with Gasteiger partial charge in [0.1, 0.15) is 0 Å². The molecule has 6 nitrogen and oxygen atoms in total. The summed E-state index contributed by atoms with van der Waals surface area (Å²) >= 11 is 0. The minimum absolute atomic E-state index is 0.0575. The summed E-state index contributed by atoms with van der Waals surface area (Å²) in [5, 5.41) is 2.94. The molecule has 0 bridgehead atoms. The van der Waals surface area contributed by atoms with Gasteiger partial charge in [-0.3, -0.25) is 19.4 Å². The number of nitrogens with zero attached hydrogens (tertiary/aromatic N) is 2. The Morgan fingerprint density at radius 1 is 0.758 bits per heavy atom. The van der Waals surface area contributed by atoms with E-state index in [1.165, 1.54) is 11.1 Å². The zero-order valence-corrected chi connectivity index (χ0v) is 18.9. The number of primary amides is 1. The van der Waals surface area contributed by atoms with E-state index in [9.17, 15) is 9.59 Å². The van der Waals surface area contributed by atoms with Crippen molar-refractivity contribution in [2.24, 2.45) is 5.73 Å². The number of piperazine rings is 1. The van der Waals surface area contributed by atoms with E-state index < -0.39 is 5.91 Å². The maximum absolute atomic E-state index is 12.8. The van der Waals surface area contributed by atoms with Crippen LogP contribution in [-0.4, -0.2) is 53.8 Å². The van der Waals surface area contributed by atoms with Crippen molar-refractivity contribution in [1.29, 1.82) is 0 Å². The van der Waals surface area contributed by atoms with E-state index in [0.717, 1.165) is 26.2 Å². The van der Waals surface area contributed by atoms with E-state index in [1.807, 2.05) is 19.1 Å². The largest absolute Gasteiger partial charge is 0.366 e. The summed E-state index contributed by atoms with van der Waals surface area (Å²) in [4.78, 5) is 28.8. The molecule has 0 aromatic heterocycles. The van der Waals surface area contributed by atoms with Crippen LogP contribution in [0.25, 0.3) is 0 Å². The molecule has 0 aliphatic carbocycles. The molecular weight excluding hydrogens is 412 g/mol. The topological polar surface area (TPSA) is 78.7 Å². The first-order valence-electron chi connectivity index (χ1n) is 11.3. The minimum Gasteiger partial charge on any atom is -0.366 e. The lowest BCUT2D eigenvalue weighted by atomic mass is 9.96. The fourth-order valence-electron chi connectivity index (χ4n) is 4.40. The third-order valence-electron chi connectivity index (χ3n) is 6.31. The highest BCUT2D eigenvalue weighted by Crippen LogP contribution is 2.29. The molecule has 1 saturated heterocycles. The average Bonchev–Trinajstić information content (AvgIpc) is 2.86. The molecule has 33 heavy (non-hydrogen) atoms. The van der Waals surface area contributed by atoms with Crippen LogP contribution in [0, 0.1) is 0 Å². The number of nitrogens with two attached hydrogens (primary N) is 1. The van der Waals surface area contributed by atoms with Crippen LogP contribution in [0.1, 0.15) is 34.5 Å². The van der Waals surface area contributed by atoms with Crippen molar-refractivity contribution in [2.45, 2.75) is 19.0 Å². The molecule has 2 amide bonds. The first kappa shape index (κ1) is 22.7. The number of carbonyl (C=O) groups excluding carboxylic acids is 2. The summed E-state index contributed by atoms with van der Waals surface area (Å²) in [5.41, 5.74) is 8.92. The molecule has 3 N–H and O–H groups in total. The van der Waals surface area contributed by atoms with Gasteiger partial charge >= 0.3 is 0 Å². The highest BCUT2D eigenvalue weighted by molar-refractivity contribution is 5.96. The zero-order valence-electron chi connectivity index (χ0n) is 18.9. The molecule has 6 heteroatoms. The van der Waals surface area contributed by atoms with Crippen LogP contribution in [0.5, 0.6) is 0 Å². The highest BCUT2D eigenvalue weighted by atomic mass is 16.2. The van der Waals surface area contributed by atoms with Gasteiger partial charge in [0.05, 0.1) is 12.1 Å². The molecule has 1 unspecified atom stereocenters. The zero-order chi connectivity index (χ0) is 23.2. The van der Waals surface area contributed by atoms with Gasteiger partial charge in [0.15, 0.2) is 0 Å². The molecule has 3 aromatic rings. The van der Waals surface area contributed by atoms with Crippen LogP contribution >= 0.6 is 0 Å². The maximum Gasteiger partial charge on any atom is 0.248 e. The molecule has 1 aliphatic rings. The lowest BCUT2D eigenvalue weighted by molar-refractivity contribution is -0.121. The van der Waals surface area contributed by atoms with E-state index in [4.69, 9.17) is 5.73 Å². The van der Waals surface area contributed by atoms with Crippen molar-refractivity contribution in [3.63, 3.8) is 0 Å². The maximum atomic E-state index is 12.8. The molecule has 0 spiro atoms. The number of nitrogens with one attached hydrogen (secondary N) is 1. The van der Waals surface area contributed by atoms with Crippen LogP contribution in [-0.2, 0) is 4.79 Å². The Bertz CT molecular complexity index is 1020. The van der Waals surface area contributed by atoms with Gasteiger partial charge in [-0.1, -0.05) is 60.7 Å². The molecule has 0 saturated carbocycles. The van der Waals surface area contributed by atoms with Gasteiger partial charge in [0.2, 0.25) is 11.8 Å². The number of amides is 2. The average molecular weight is 443 g/mol. The quantitative estimate of drug-likeness (QED) is 0.587. The van der Waals surface area contributed by atoms with Crippen LogP contribution < -0.4 is 11.1 Å². The fourth-order valence-corrected chi connectivity index (χ4v) is 4.40. The molecule has 0 radical (unpaired) electrons. The van der Waals surface area contributed by atoms with Crippen LogP contribution in [0.2, 0.25) is 0 Å². The molecular formula is C27H30N4O2. The van der Waals surface area contributed by atoms with Gasteiger partial charge < -0.3 is 11.1 Å². The Morgan fingerprint density at radius 2 is 1.24 bits per heavy atom. The van der Waals surface area contributed by atoms with Gasteiger partial charge in [-0.25, -0.2) is 0 Å². The first-order chi connectivity index (χ1) is 16.0. The Balaban J connectivity index is 1.39. The van der Waals surface area contributed by atoms with E-state index in [2.05, 4.69) is 63.6 Å². The Labute approximate surface area is 195 Å². The standard InChI is InChI=1S/C27H30N4O2/c1-20(27(33)29-24-14-12-23(13-15-24)26(28)32)30-16-18-31(19-17-30)25(21-8-4-2-5-9-21)22-10-6-3-7-11-22/h2-15,20,25H,16-19H2,1H3,(H2,28,32)(H,29,33). The number of hydrogen-bond donors (Lipinski definition) is 2. The number of hydrogen-bond acceptors (Lipinski definition) is 4. The molecule has 1 fully saturated rings. The van der Waals surface area contributed by atoms with Gasteiger partial charge in [-0.2, -0.15) is 0 Å². The van der Waals surface area contributed by atoms with Crippen molar-refractivity contribution in [3.8, 4) is 0 Å². The van der Waals surface area contributed by atoms with Crippen molar-refractivity contribution in [2.75, 3.05) is 31.5 Å². The number of benzene rings is 3. The summed E-state index contributed by atoms with van der Waals surface area (Å²) < 4.78 is 0. The summed E-state index contributed by atoms with van der Waals surface area (Å²) in [7, 11) is 0. The lowest BCUT2D eigenvalue weighted by Crippen LogP contribution is -2.53. The number of carbonyl (C=O) groups is 2. The van der Waals surface area contributed by atoms with Crippen molar-refractivity contribution >= 4 is 17.5 Å². The molecule has 4 rings (SSSR count). The number of rotatable bonds is 7. The smallest absolute Gasteiger partial charge is 0.248 e. The third-order valence-corrected chi connectivity index (χ3v) is 6.31. The van der Waals surface area contributed by atoms with Crippen LogP contribution in [0.4, 0.5) is 5.69 Å². The second kappa shape index (κ2) is 10.4. The van der Waals surface area contributed by atoms with E-state index in [0.29, 0.717) is 11.3 Å². The summed E-state index contributed by atoms with van der Waals surface area (Å²) in [6, 6.07) is 27.8. The third kappa shape index (κ3) is 5.48. The van der Waals surface area contributed by atoms with Crippen LogP contribution in [0.15, 0.2) is 84.9 Å². The fraction of sp³-hybridized carbons (Fsp3) is 0.259. The second-order valence-electron chi connectivity index (χ2n) is 8.40. The SMILES string of the molecule is CC(C(=O)Nc1ccc(C(N)=O)cc1)N1CCN(C(c2ccccc2)c2ccccc2)CC1. The Morgan fingerprint density at radius 3 is 1.73 bits per heavy atom. The summed E-state index contributed by atoms with van der Waals surface area (Å²) in [5.74, 6) is -0.540. The molecule has 3 aromatic carbocycles. The highest BCUT2D eigenvalue weighted by Gasteiger charge is 2.30. The van der Waals surface area contributed by atoms with E-state index in [-0.39, 0.29) is 18.0 Å². The normalized spacial score (nSPS) is 15.8. The number of anilines is 1. The van der Waals surface area contributed by atoms with E-state index >= 15 is 0 Å². The molecule has 1 aliphatic heterocycles. The molecule has 1 atom stereocenters. The second-order valence-corrected chi connectivity index (χ2v) is 8.40. The monoisotopic (exact) mass is 442 g/mol. The van der Waals surface area contributed by atoms with Gasteiger partial charge in [-0.15, -0.1) is 0 Å². The Hall–Kier alpha value is -3.48. The van der Waals surface area contributed by atoms with E-state index in [1.54, 1.807) is 24.3 Å². The lowest BCUT2D eigenvalue weighted by Gasteiger charge is -2.41.